The lowest BCUT2D eigenvalue weighted by atomic mass is 10.2. The van der Waals surface area contributed by atoms with E-state index in [1.54, 1.807) is 25.4 Å². The zero-order chi connectivity index (χ0) is 15.9. The lowest BCUT2D eigenvalue weighted by molar-refractivity contribution is 0.414. The standard InChI is InChI=1S/C17H19N3OS/c1-13-7-6-9-15(11-13)19-17(22)20(2)18-12-14-8-4-5-10-16(14)21-3/h4-12H,1-3H3,(H,19,22). The van der Waals surface area contributed by atoms with Gasteiger partial charge in [-0.05, 0) is 49.0 Å². The van der Waals surface area contributed by atoms with E-state index in [2.05, 4.69) is 10.4 Å². The molecule has 5 heteroatoms. The maximum Gasteiger partial charge on any atom is 0.193 e. The number of nitrogens with zero attached hydrogens (tertiary/aromatic N) is 2. The van der Waals surface area contributed by atoms with Gasteiger partial charge in [0.1, 0.15) is 5.75 Å². The molecule has 2 aromatic carbocycles. The number of anilines is 1. The topological polar surface area (TPSA) is 36.9 Å². The third-order valence-corrected chi connectivity index (χ3v) is 3.44. The fourth-order valence-electron chi connectivity index (χ4n) is 1.90. The highest BCUT2D eigenvalue weighted by atomic mass is 32.1. The number of methoxy groups -OCH3 is 1. The summed E-state index contributed by atoms with van der Waals surface area (Å²) >= 11 is 5.35. The lowest BCUT2D eigenvalue weighted by Gasteiger charge is -2.16. The molecule has 0 atom stereocenters. The van der Waals surface area contributed by atoms with Gasteiger partial charge in [-0.25, -0.2) is 5.01 Å². The first-order valence-electron chi connectivity index (χ1n) is 6.88. The number of hydrogen-bond acceptors (Lipinski definition) is 3. The molecule has 0 aromatic heterocycles. The first kappa shape index (κ1) is 16.0. The van der Waals surface area contributed by atoms with Gasteiger partial charge in [-0.3, -0.25) is 0 Å². The summed E-state index contributed by atoms with van der Waals surface area (Å²) in [7, 11) is 3.44. The Labute approximate surface area is 136 Å². The molecule has 2 aromatic rings. The van der Waals surface area contributed by atoms with Crippen molar-refractivity contribution in [1.29, 1.82) is 0 Å². The van der Waals surface area contributed by atoms with Crippen LogP contribution in [0.1, 0.15) is 11.1 Å². The average Bonchev–Trinajstić information content (AvgIpc) is 2.52. The summed E-state index contributed by atoms with van der Waals surface area (Å²) in [6.07, 6.45) is 1.73. The van der Waals surface area contributed by atoms with Crippen LogP contribution < -0.4 is 10.1 Å². The van der Waals surface area contributed by atoms with E-state index >= 15 is 0 Å². The van der Waals surface area contributed by atoms with Gasteiger partial charge in [0.05, 0.1) is 13.3 Å². The molecule has 114 valence electrons. The highest BCUT2D eigenvalue weighted by Gasteiger charge is 2.04. The number of hydrazone groups is 1. The van der Waals surface area contributed by atoms with Crippen LogP contribution >= 0.6 is 12.2 Å². The molecule has 0 heterocycles. The molecule has 0 amide bonds. The predicted octanol–water partition coefficient (Wildman–Crippen LogP) is 3.67. The summed E-state index contributed by atoms with van der Waals surface area (Å²) in [6.45, 7) is 2.04. The van der Waals surface area contributed by atoms with E-state index < -0.39 is 0 Å². The van der Waals surface area contributed by atoms with Crippen LogP contribution in [0.15, 0.2) is 53.6 Å². The van der Waals surface area contributed by atoms with Gasteiger partial charge in [-0.15, -0.1) is 0 Å². The van der Waals surface area contributed by atoms with E-state index in [1.807, 2.05) is 55.5 Å². The summed E-state index contributed by atoms with van der Waals surface area (Å²) in [4.78, 5) is 0. The molecule has 0 unspecified atom stereocenters. The molecule has 0 saturated carbocycles. The smallest absolute Gasteiger partial charge is 0.193 e. The van der Waals surface area contributed by atoms with Gasteiger partial charge in [0.2, 0.25) is 0 Å². The maximum atomic E-state index is 5.35. The zero-order valence-electron chi connectivity index (χ0n) is 12.9. The Morgan fingerprint density at radius 2 is 2.00 bits per heavy atom. The molecule has 0 saturated heterocycles. The van der Waals surface area contributed by atoms with Crippen LogP contribution in [0.25, 0.3) is 0 Å². The number of ether oxygens (including phenoxy) is 1. The first-order valence-corrected chi connectivity index (χ1v) is 7.29. The van der Waals surface area contributed by atoms with Crippen molar-refractivity contribution < 1.29 is 4.74 Å². The second-order valence-electron chi connectivity index (χ2n) is 4.81. The second-order valence-corrected chi connectivity index (χ2v) is 5.20. The number of aryl methyl sites for hydroxylation is 1. The number of para-hydroxylation sites is 1. The number of hydrogen-bond donors (Lipinski definition) is 1. The summed E-state index contributed by atoms with van der Waals surface area (Å²) in [5.41, 5.74) is 3.02. The van der Waals surface area contributed by atoms with Gasteiger partial charge in [-0.1, -0.05) is 24.3 Å². The minimum Gasteiger partial charge on any atom is -0.496 e. The molecule has 4 nitrogen and oxygen atoms in total. The summed E-state index contributed by atoms with van der Waals surface area (Å²) < 4.78 is 5.29. The average molecular weight is 313 g/mol. The van der Waals surface area contributed by atoms with Crippen molar-refractivity contribution in [3.05, 3.63) is 59.7 Å². The predicted molar refractivity (Wildman–Crippen MR) is 95.8 cm³/mol. The van der Waals surface area contributed by atoms with Crippen LogP contribution in [-0.2, 0) is 0 Å². The van der Waals surface area contributed by atoms with Gasteiger partial charge >= 0.3 is 0 Å². The van der Waals surface area contributed by atoms with Crippen molar-refractivity contribution in [2.75, 3.05) is 19.5 Å². The molecule has 2 rings (SSSR count). The van der Waals surface area contributed by atoms with Gasteiger partial charge < -0.3 is 10.1 Å². The van der Waals surface area contributed by atoms with E-state index in [-0.39, 0.29) is 0 Å². The van der Waals surface area contributed by atoms with Crippen LogP contribution in [0.3, 0.4) is 0 Å². The third-order valence-electron chi connectivity index (χ3n) is 3.07. The van der Waals surface area contributed by atoms with Crippen LogP contribution in [0.5, 0.6) is 5.75 Å². The van der Waals surface area contributed by atoms with E-state index in [4.69, 9.17) is 17.0 Å². The quantitative estimate of drug-likeness (QED) is 0.531. The first-order chi connectivity index (χ1) is 10.6. The number of thiocarbonyl (C=S) groups is 1. The van der Waals surface area contributed by atoms with E-state index in [9.17, 15) is 0 Å². The van der Waals surface area contributed by atoms with Crippen LogP contribution in [0.4, 0.5) is 5.69 Å². The SMILES string of the molecule is COc1ccccc1C=NN(C)C(=S)Nc1cccc(C)c1. The molecule has 1 N–H and O–H groups in total. The summed E-state index contributed by atoms with van der Waals surface area (Å²) in [5, 5.41) is 9.65. The number of benzene rings is 2. The molecule has 0 aliphatic rings. The fraction of sp³-hybridized carbons (Fsp3) is 0.176. The van der Waals surface area contributed by atoms with Crippen LogP contribution in [0, 0.1) is 6.92 Å². The van der Waals surface area contributed by atoms with Crippen molar-refractivity contribution in [2.24, 2.45) is 5.10 Å². The normalized spacial score (nSPS) is 10.5. The molecule has 0 fully saturated rings. The Morgan fingerprint density at radius 1 is 1.23 bits per heavy atom. The monoisotopic (exact) mass is 313 g/mol. The Hall–Kier alpha value is -2.40. The molecular weight excluding hydrogens is 294 g/mol. The molecule has 22 heavy (non-hydrogen) atoms. The van der Waals surface area contributed by atoms with Crippen molar-refractivity contribution >= 4 is 29.2 Å². The van der Waals surface area contributed by atoms with Crippen molar-refractivity contribution in [3.63, 3.8) is 0 Å². The van der Waals surface area contributed by atoms with Gasteiger partial charge in [0, 0.05) is 18.3 Å². The minimum atomic E-state index is 0.525. The van der Waals surface area contributed by atoms with Crippen LogP contribution in [-0.4, -0.2) is 30.5 Å². The van der Waals surface area contributed by atoms with E-state index in [1.165, 1.54) is 5.56 Å². The molecule has 0 bridgehead atoms. The number of rotatable bonds is 4. The summed E-state index contributed by atoms with van der Waals surface area (Å²) in [6, 6.07) is 15.7. The Bertz CT molecular complexity index is 685. The van der Waals surface area contributed by atoms with E-state index in [0.29, 0.717) is 5.11 Å². The lowest BCUT2D eigenvalue weighted by Crippen LogP contribution is -2.26. The molecule has 0 aliphatic heterocycles. The highest BCUT2D eigenvalue weighted by molar-refractivity contribution is 7.80. The Kier molecular flexibility index (Phi) is 5.49. The van der Waals surface area contributed by atoms with Crippen molar-refractivity contribution in [1.82, 2.24) is 5.01 Å². The van der Waals surface area contributed by atoms with Gasteiger partial charge in [0.15, 0.2) is 5.11 Å². The molecular formula is C17H19N3OS. The largest absolute Gasteiger partial charge is 0.496 e. The molecule has 0 aliphatic carbocycles. The van der Waals surface area contributed by atoms with Crippen LogP contribution in [0.2, 0.25) is 0 Å². The summed E-state index contributed by atoms with van der Waals surface area (Å²) in [5.74, 6) is 0.775. The fourth-order valence-corrected chi connectivity index (χ4v) is 2.07. The highest BCUT2D eigenvalue weighted by Crippen LogP contribution is 2.15. The van der Waals surface area contributed by atoms with Gasteiger partial charge in [-0.2, -0.15) is 5.10 Å². The second kappa shape index (κ2) is 7.56. The van der Waals surface area contributed by atoms with E-state index in [0.717, 1.165) is 17.0 Å². The van der Waals surface area contributed by atoms with Crippen molar-refractivity contribution in [2.45, 2.75) is 6.92 Å². The molecule has 0 spiro atoms. The Morgan fingerprint density at radius 3 is 2.73 bits per heavy atom. The zero-order valence-corrected chi connectivity index (χ0v) is 13.7. The molecule has 0 radical (unpaired) electrons. The van der Waals surface area contributed by atoms with Gasteiger partial charge in [0.25, 0.3) is 0 Å². The minimum absolute atomic E-state index is 0.525. The Balaban J connectivity index is 2.03. The third kappa shape index (κ3) is 4.30. The maximum absolute atomic E-state index is 5.35. The van der Waals surface area contributed by atoms with Crippen molar-refractivity contribution in [3.8, 4) is 5.75 Å². The number of nitrogens with one attached hydrogen (secondary N) is 1.